The molecule has 2 aromatic rings. The van der Waals surface area contributed by atoms with E-state index in [1.54, 1.807) is 20.1 Å². The molecule has 1 aliphatic heterocycles. The molecule has 0 aromatic carbocycles. The van der Waals surface area contributed by atoms with Crippen LogP contribution in [0.5, 0.6) is 0 Å². The lowest BCUT2D eigenvalue weighted by molar-refractivity contribution is -0.118. The van der Waals surface area contributed by atoms with Crippen LogP contribution < -0.4 is 5.32 Å². The van der Waals surface area contributed by atoms with Gasteiger partial charge in [-0.25, -0.2) is 9.97 Å². The minimum absolute atomic E-state index is 0.168. The second-order valence-corrected chi connectivity index (χ2v) is 9.16. The van der Waals surface area contributed by atoms with E-state index < -0.39 is 11.7 Å². The highest BCUT2D eigenvalue weighted by molar-refractivity contribution is 5.80. The first-order valence-electron chi connectivity index (χ1n) is 11.3. The zero-order chi connectivity index (χ0) is 23.9. The molecule has 2 unspecified atom stereocenters. The quantitative estimate of drug-likeness (QED) is 0.719. The van der Waals surface area contributed by atoms with Crippen molar-refractivity contribution >= 4 is 12.0 Å². The molecule has 2 atom stereocenters. The van der Waals surface area contributed by atoms with Crippen LogP contribution in [-0.4, -0.2) is 45.6 Å². The number of nitrogens with zero attached hydrogens (tertiary/aromatic N) is 4. The number of hydrogen-bond acceptors (Lipinski definition) is 5. The lowest BCUT2D eigenvalue weighted by atomic mass is 9.92. The highest BCUT2D eigenvalue weighted by Crippen LogP contribution is 2.39. The Balaban J connectivity index is 1.87. The van der Waals surface area contributed by atoms with Crippen LogP contribution in [0, 0.1) is 6.92 Å². The minimum Gasteiger partial charge on any atom is -0.381 e. The molecule has 178 valence electrons. The van der Waals surface area contributed by atoms with E-state index in [0.717, 1.165) is 49.4 Å². The standard InChI is InChI=1S/C24H31F2N5O2/c1-14-9-20(29-23(27-14)24(3,25)26)19-12-31(16-7-6-8-17(10-16)33-5)21-13-30(4)22(11-18(19)21)28-15(2)32/h9,11-12,16-17H,6-8,10,13H2,1-5H3,(H,28,32). The molecule has 1 aliphatic carbocycles. The Morgan fingerprint density at radius 3 is 2.73 bits per heavy atom. The second-order valence-electron chi connectivity index (χ2n) is 9.16. The molecule has 33 heavy (non-hydrogen) atoms. The van der Waals surface area contributed by atoms with Gasteiger partial charge in [-0.2, -0.15) is 8.78 Å². The monoisotopic (exact) mass is 459 g/mol. The van der Waals surface area contributed by atoms with Crippen LogP contribution in [0.3, 0.4) is 0 Å². The van der Waals surface area contributed by atoms with Crippen LogP contribution in [-0.2, 0) is 22.0 Å². The van der Waals surface area contributed by atoms with Gasteiger partial charge in [-0.15, -0.1) is 0 Å². The van der Waals surface area contributed by atoms with Gasteiger partial charge in [0, 0.05) is 62.8 Å². The summed E-state index contributed by atoms with van der Waals surface area (Å²) >= 11 is 0. The molecule has 1 amide bonds. The summed E-state index contributed by atoms with van der Waals surface area (Å²) in [5.74, 6) is -3.14. The van der Waals surface area contributed by atoms with Crippen LogP contribution in [0.4, 0.5) is 8.78 Å². The van der Waals surface area contributed by atoms with Crippen LogP contribution >= 0.6 is 0 Å². The lowest BCUT2D eigenvalue weighted by Crippen LogP contribution is -2.34. The number of alkyl halides is 2. The van der Waals surface area contributed by atoms with E-state index in [4.69, 9.17) is 4.74 Å². The summed E-state index contributed by atoms with van der Waals surface area (Å²) < 4.78 is 36.1. The molecular weight excluding hydrogens is 428 g/mol. The topological polar surface area (TPSA) is 72.3 Å². The summed E-state index contributed by atoms with van der Waals surface area (Å²) in [7, 11) is 3.67. The molecule has 0 radical (unpaired) electrons. The van der Waals surface area contributed by atoms with Gasteiger partial charge in [0.1, 0.15) is 5.82 Å². The molecule has 3 heterocycles. The maximum atomic E-state index is 14.1. The third-order valence-corrected chi connectivity index (χ3v) is 6.41. The van der Waals surface area contributed by atoms with E-state index in [2.05, 4.69) is 19.9 Å². The smallest absolute Gasteiger partial charge is 0.303 e. The Morgan fingerprint density at radius 2 is 2.06 bits per heavy atom. The number of aromatic nitrogens is 3. The van der Waals surface area contributed by atoms with Gasteiger partial charge in [-0.05, 0) is 44.7 Å². The molecule has 7 nitrogen and oxygen atoms in total. The Morgan fingerprint density at radius 1 is 1.30 bits per heavy atom. The second kappa shape index (κ2) is 8.85. The van der Waals surface area contributed by atoms with Crippen molar-refractivity contribution in [2.45, 2.75) is 71.1 Å². The molecular formula is C24H31F2N5O2. The van der Waals surface area contributed by atoms with E-state index in [1.807, 2.05) is 24.2 Å². The number of ether oxygens (including phenoxy) is 1. The zero-order valence-electron chi connectivity index (χ0n) is 19.8. The maximum Gasteiger partial charge on any atom is 0.303 e. The van der Waals surface area contributed by atoms with Crippen molar-refractivity contribution in [3.63, 3.8) is 0 Å². The SMILES string of the molecule is COC1CCCC(n2cc(-c3cc(C)nc(C(C)(F)F)n3)c3c2CN(C)C(NC(C)=O)=C3)C1. The number of carbonyl (C=O) groups is 1. The summed E-state index contributed by atoms with van der Waals surface area (Å²) in [6.45, 7) is 4.55. The van der Waals surface area contributed by atoms with Crippen molar-refractivity contribution < 1.29 is 18.3 Å². The minimum atomic E-state index is -3.14. The van der Waals surface area contributed by atoms with Gasteiger partial charge in [-0.1, -0.05) is 0 Å². The number of hydrogen-bond donors (Lipinski definition) is 1. The van der Waals surface area contributed by atoms with Gasteiger partial charge < -0.3 is 19.5 Å². The van der Waals surface area contributed by atoms with Gasteiger partial charge in [0.25, 0.3) is 0 Å². The molecule has 1 N–H and O–H groups in total. The summed E-state index contributed by atoms with van der Waals surface area (Å²) in [5, 5.41) is 2.87. The molecule has 0 saturated heterocycles. The summed E-state index contributed by atoms with van der Waals surface area (Å²) in [6.07, 6.45) is 8.14. The Kier molecular flexibility index (Phi) is 6.26. The third kappa shape index (κ3) is 4.78. The number of aryl methyl sites for hydroxylation is 1. The summed E-state index contributed by atoms with van der Waals surface area (Å²) in [4.78, 5) is 21.9. The molecule has 1 fully saturated rings. The maximum absolute atomic E-state index is 14.1. The number of carbonyl (C=O) groups excluding carboxylic acids is 1. The van der Waals surface area contributed by atoms with Gasteiger partial charge >= 0.3 is 5.92 Å². The van der Waals surface area contributed by atoms with Crippen molar-refractivity contribution in [3.8, 4) is 11.3 Å². The van der Waals surface area contributed by atoms with E-state index >= 15 is 0 Å². The average molecular weight is 460 g/mol. The van der Waals surface area contributed by atoms with Crippen LogP contribution in [0.1, 0.15) is 68.3 Å². The Hall–Kier alpha value is -2.81. The average Bonchev–Trinajstić information content (AvgIpc) is 3.11. The third-order valence-electron chi connectivity index (χ3n) is 6.41. The first kappa shape index (κ1) is 23.4. The fourth-order valence-corrected chi connectivity index (χ4v) is 4.80. The number of amides is 1. The van der Waals surface area contributed by atoms with Crippen LogP contribution in [0.2, 0.25) is 0 Å². The molecule has 2 aliphatic rings. The van der Waals surface area contributed by atoms with Gasteiger partial charge in [0.05, 0.1) is 18.3 Å². The summed E-state index contributed by atoms with van der Waals surface area (Å²) in [5.41, 5.74) is 3.66. The van der Waals surface area contributed by atoms with Crippen molar-refractivity contribution in [2.75, 3.05) is 14.2 Å². The van der Waals surface area contributed by atoms with Crippen molar-refractivity contribution in [3.05, 3.63) is 40.9 Å². The molecule has 9 heteroatoms. The highest BCUT2D eigenvalue weighted by atomic mass is 19.3. The predicted molar refractivity (Wildman–Crippen MR) is 121 cm³/mol. The zero-order valence-corrected chi connectivity index (χ0v) is 19.8. The van der Waals surface area contributed by atoms with E-state index in [1.165, 1.54) is 6.92 Å². The van der Waals surface area contributed by atoms with E-state index in [9.17, 15) is 13.6 Å². The number of rotatable bonds is 5. The molecule has 4 rings (SSSR count). The van der Waals surface area contributed by atoms with Crippen molar-refractivity contribution in [1.29, 1.82) is 0 Å². The van der Waals surface area contributed by atoms with Gasteiger partial charge in [0.2, 0.25) is 5.91 Å². The van der Waals surface area contributed by atoms with Crippen LogP contribution in [0.25, 0.3) is 17.3 Å². The Bertz CT molecular complexity index is 1090. The first-order valence-corrected chi connectivity index (χ1v) is 11.3. The van der Waals surface area contributed by atoms with Crippen LogP contribution in [0.15, 0.2) is 18.1 Å². The number of halogens is 2. The van der Waals surface area contributed by atoms with Gasteiger partial charge in [0.15, 0.2) is 5.82 Å². The lowest BCUT2D eigenvalue weighted by Gasteiger charge is -2.33. The van der Waals surface area contributed by atoms with Crippen molar-refractivity contribution in [2.24, 2.45) is 0 Å². The van der Waals surface area contributed by atoms with Gasteiger partial charge in [-0.3, -0.25) is 4.79 Å². The fourth-order valence-electron chi connectivity index (χ4n) is 4.80. The van der Waals surface area contributed by atoms with E-state index in [-0.39, 0.29) is 18.1 Å². The molecule has 1 saturated carbocycles. The summed E-state index contributed by atoms with van der Waals surface area (Å²) in [6, 6.07) is 1.98. The number of methoxy groups -OCH3 is 1. The van der Waals surface area contributed by atoms with Crippen molar-refractivity contribution in [1.82, 2.24) is 24.8 Å². The Labute approximate surface area is 192 Å². The number of fused-ring (bicyclic) bond motifs is 1. The fraction of sp³-hybridized carbons (Fsp3) is 0.542. The normalized spacial score (nSPS) is 20.9. The number of nitrogens with one attached hydrogen (secondary N) is 1. The first-order chi connectivity index (χ1) is 15.6. The molecule has 2 aromatic heterocycles. The van der Waals surface area contributed by atoms with E-state index in [0.29, 0.717) is 23.8 Å². The highest BCUT2D eigenvalue weighted by Gasteiger charge is 2.32. The molecule has 0 bridgehead atoms. The largest absolute Gasteiger partial charge is 0.381 e. The predicted octanol–water partition coefficient (Wildman–Crippen LogP) is 4.38. The molecule has 0 spiro atoms.